The van der Waals surface area contributed by atoms with Crippen LogP contribution in [0, 0.1) is 0 Å². The molecule has 1 aromatic rings. The van der Waals surface area contributed by atoms with Crippen molar-refractivity contribution in [3.05, 3.63) is 27.4 Å². The minimum Gasteiger partial charge on any atom is -0.481 e. The van der Waals surface area contributed by atoms with Gasteiger partial charge in [-0.2, -0.15) is 4.98 Å². The fraction of sp³-hybridized carbons (Fsp3) is 0.583. The van der Waals surface area contributed by atoms with Gasteiger partial charge in [-0.05, 0) is 32.1 Å². The van der Waals surface area contributed by atoms with Crippen molar-refractivity contribution in [1.82, 2.24) is 9.97 Å². The molecule has 2 aliphatic carbocycles. The standard InChI is InChI=1S/C12H14N2O3/c15-11(16)7-2-1-3-8-9(7)10(6-4-5-6)14-12(17)13-8/h6-7H,1-5H2,(H,15,16)(H,13,14,17). The molecule has 1 heterocycles. The fourth-order valence-electron chi connectivity index (χ4n) is 2.68. The zero-order valence-corrected chi connectivity index (χ0v) is 9.40. The number of hydrogen-bond donors (Lipinski definition) is 2. The minimum absolute atomic E-state index is 0.311. The number of aromatic nitrogens is 2. The summed E-state index contributed by atoms with van der Waals surface area (Å²) < 4.78 is 0. The van der Waals surface area contributed by atoms with Crippen molar-refractivity contribution in [3.8, 4) is 0 Å². The van der Waals surface area contributed by atoms with Crippen LogP contribution in [0.25, 0.3) is 0 Å². The van der Waals surface area contributed by atoms with Gasteiger partial charge in [-0.15, -0.1) is 0 Å². The lowest BCUT2D eigenvalue weighted by Crippen LogP contribution is -2.26. The Morgan fingerprint density at radius 3 is 2.76 bits per heavy atom. The van der Waals surface area contributed by atoms with Crippen molar-refractivity contribution in [2.45, 2.75) is 43.9 Å². The number of H-pyrrole nitrogens is 1. The van der Waals surface area contributed by atoms with Crippen molar-refractivity contribution < 1.29 is 9.90 Å². The first kappa shape index (κ1) is 10.5. The third-order valence-corrected chi connectivity index (χ3v) is 3.61. The summed E-state index contributed by atoms with van der Waals surface area (Å²) in [4.78, 5) is 29.4. The Kier molecular flexibility index (Phi) is 2.28. The molecule has 0 saturated heterocycles. The van der Waals surface area contributed by atoms with Crippen LogP contribution in [-0.4, -0.2) is 21.0 Å². The maximum absolute atomic E-state index is 11.5. The van der Waals surface area contributed by atoms with Gasteiger partial charge >= 0.3 is 11.7 Å². The van der Waals surface area contributed by atoms with Gasteiger partial charge in [0.25, 0.3) is 0 Å². The van der Waals surface area contributed by atoms with Crippen LogP contribution in [0.5, 0.6) is 0 Å². The first-order valence-corrected chi connectivity index (χ1v) is 6.02. The van der Waals surface area contributed by atoms with Crippen molar-refractivity contribution in [3.63, 3.8) is 0 Å². The normalized spacial score (nSPS) is 23.2. The smallest absolute Gasteiger partial charge is 0.345 e. The van der Waals surface area contributed by atoms with E-state index < -0.39 is 11.9 Å². The molecule has 2 aliphatic rings. The molecule has 0 aromatic carbocycles. The molecular formula is C12H14N2O3. The van der Waals surface area contributed by atoms with Crippen LogP contribution >= 0.6 is 0 Å². The van der Waals surface area contributed by atoms with E-state index in [9.17, 15) is 14.7 Å². The Balaban J connectivity index is 2.18. The summed E-state index contributed by atoms with van der Waals surface area (Å²) in [5.41, 5.74) is 2.00. The van der Waals surface area contributed by atoms with Gasteiger partial charge in [-0.3, -0.25) is 4.79 Å². The predicted octanol–water partition coefficient (Wildman–Crippen LogP) is 1.15. The number of aryl methyl sites for hydroxylation is 1. The van der Waals surface area contributed by atoms with Crippen LogP contribution in [0.15, 0.2) is 4.79 Å². The van der Waals surface area contributed by atoms with Crippen LogP contribution in [-0.2, 0) is 11.2 Å². The molecule has 0 radical (unpaired) electrons. The molecule has 5 nitrogen and oxygen atoms in total. The summed E-state index contributed by atoms with van der Waals surface area (Å²) in [7, 11) is 0. The number of hydrogen-bond acceptors (Lipinski definition) is 3. The lowest BCUT2D eigenvalue weighted by atomic mass is 9.83. The van der Waals surface area contributed by atoms with E-state index in [-0.39, 0.29) is 5.69 Å². The molecule has 0 amide bonds. The van der Waals surface area contributed by atoms with Crippen molar-refractivity contribution in [2.75, 3.05) is 0 Å². The van der Waals surface area contributed by atoms with E-state index >= 15 is 0 Å². The van der Waals surface area contributed by atoms with E-state index in [1.807, 2.05) is 0 Å². The Labute approximate surface area is 97.9 Å². The molecule has 3 rings (SSSR count). The lowest BCUT2D eigenvalue weighted by Gasteiger charge is -2.23. The molecule has 90 valence electrons. The van der Waals surface area contributed by atoms with E-state index in [1.54, 1.807) is 0 Å². The summed E-state index contributed by atoms with van der Waals surface area (Å²) in [6.45, 7) is 0. The first-order chi connectivity index (χ1) is 8.16. The minimum atomic E-state index is -0.804. The Morgan fingerprint density at radius 1 is 1.35 bits per heavy atom. The highest BCUT2D eigenvalue weighted by Crippen LogP contribution is 2.44. The largest absolute Gasteiger partial charge is 0.481 e. The van der Waals surface area contributed by atoms with Crippen LogP contribution in [0.2, 0.25) is 0 Å². The average Bonchev–Trinajstić information content (AvgIpc) is 3.10. The molecule has 1 atom stereocenters. The topological polar surface area (TPSA) is 83.0 Å². The number of fused-ring (bicyclic) bond motifs is 1. The first-order valence-electron chi connectivity index (χ1n) is 6.02. The van der Waals surface area contributed by atoms with Crippen LogP contribution < -0.4 is 5.69 Å². The molecule has 1 aromatic heterocycles. The van der Waals surface area contributed by atoms with E-state index in [2.05, 4.69) is 9.97 Å². The highest BCUT2D eigenvalue weighted by molar-refractivity contribution is 5.77. The zero-order valence-electron chi connectivity index (χ0n) is 9.40. The highest BCUT2D eigenvalue weighted by atomic mass is 16.4. The number of rotatable bonds is 2. The Hall–Kier alpha value is -1.65. The molecule has 2 N–H and O–H groups in total. The quantitative estimate of drug-likeness (QED) is 0.804. The maximum Gasteiger partial charge on any atom is 0.345 e. The van der Waals surface area contributed by atoms with Crippen LogP contribution in [0.3, 0.4) is 0 Å². The third kappa shape index (κ3) is 1.75. The number of carboxylic acid groups (broad SMARTS) is 1. The summed E-state index contributed by atoms with van der Waals surface area (Å²) in [6, 6.07) is 0. The summed E-state index contributed by atoms with van der Waals surface area (Å²) in [5, 5.41) is 9.26. The fourth-order valence-corrected chi connectivity index (χ4v) is 2.68. The number of nitrogens with one attached hydrogen (secondary N) is 1. The number of aliphatic carboxylic acids is 1. The van der Waals surface area contributed by atoms with Crippen LogP contribution in [0.4, 0.5) is 0 Å². The average molecular weight is 234 g/mol. The molecule has 0 bridgehead atoms. The van der Waals surface area contributed by atoms with Gasteiger partial charge in [0, 0.05) is 17.2 Å². The predicted molar refractivity (Wildman–Crippen MR) is 60.1 cm³/mol. The second kappa shape index (κ2) is 3.68. The van der Waals surface area contributed by atoms with Gasteiger partial charge in [-0.25, -0.2) is 4.79 Å². The second-order valence-corrected chi connectivity index (χ2v) is 4.88. The van der Waals surface area contributed by atoms with Crippen molar-refractivity contribution in [1.29, 1.82) is 0 Å². The summed E-state index contributed by atoms with van der Waals surface area (Å²) >= 11 is 0. The van der Waals surface area contributed by atoms with E-state index in [4.69, 9.17) is 0 Å². The van der Waals surface area contributed by atoms with Gasteiger partial charge in [-0.1, -0.05) is 0 Å². The molecule has 1 fully saturated rings. The van der Waals surface area contributed by atoms with Crippen molar-refractivity contribution >= 4 is 5.97 Å². The van der Waals surface area contributed by atoms with Gasteiger partial charge in [0.2, 0.25) is 0 Å². The van der Waals surface area contributed by atoms with E-state index in [1.165, 1.54) is 0 Å². The molecule has 17 heavy (non-hydrogen) atoms. The number of aromatic amines is 1. The van der Waals surface area contributed by atoms with Gasteiger partial charge in [0.15, 0.2) is 0 Å². The Bertz CT molecular complexity index is 531. The molecule has 1 unspecified atom stereocenters. The summed E-state index contributed by atoms with van der Waals surface area (Å²) in [5.74, 6) is -0.980. The highest BCUT2D eigenvalue weighted by Gasteiger charge is 2.36. The molecule has 1 saturated carbocycles. The molecule has 0 aliphatic heterocycles. The number of carboxylic acids is 1. The van der Waals surface area contributed by atoms with E-state index in [0.717, 1.165) is 42.6 Å². The van der Waals surface area contributed by atoms with Crippen LogP contribution in [0.1, 0.15) is 54.5 Å². The molecule has 5 heteroatoms. The molecular weight excluding hydrogens is 220 g/mol. The third-order valence-electron chi connectivity index (χ3n) is 3.61. The Morgan fingerprint density at radius 2 is 2.12 bits per heavy atom. The monoisotopic (exact) mass is 234 g/mol. The lowest BCUT2D eigenvalue weighted by molar-refractivity contribution is -0.139. The zero-order chi connectivity index (χ0) is 12.0. The number of carbonyl (C=O) groups is 1. The SMILES string of the molecule is O=C(O)C1CCCc2[nH]c(=O)nc(C3CC3)c21. The number of nitrogens with zero attached hydrogens (tertiary/aromatic N) is 1. The van der Waals surface area contributed by atoms with Gasteiger partial charge in [0.05, 0.1) is 11.6 Å². The second-order valence-electron chi connectivity index (χ2n) is 4.88. The van der Waals surface area contributed by atoms with Gasteiger partial charge in [0.1, 0.15) is 0 Å². The summed E-state index contributed by atoms with van der Waals surface area (Å²) in [6.07, 6.45) is 4.27. The van der Waals surface area contributed by atoms with E-state index in [0.29, 0.717) is 12.3 Å². The molecule has 0 spiro atoms. The van der Waals surface area contributed by atoms with Gasteiger partial charge < -0.3 is 10.1 Å². The van der Waals surface area contributed by atoms with Crippen molar-refractivity contribution in [2.24, 2.45) is 0 Å². The maximum atomic E-state index is 11.5.